The number of aromatic nitrogens is 4. The maximum Gasteiger partial charge on any atom is 0.147 e. The summed E-state index contributed by atoms with van der Waals surface area (Å²) >= 11 is 0. The second-order valence-corrected chi connectivity index (χ2v) is 6.67. The fraction of sp³-hybridized carbons (Fsp3) is 0.250. The number of fused-ring (bicyclic) bond motifs is 2. The molecule has 27 heavy (non-hydrogen) atoms. The summed E-state index contributed by atoms with van der Waals surface area (Å²) in [7, 11) is 0. The predicted octanol–water partition coefficient (Wildman–Crippen LogP) is 3.32. The molecule has 0 amide bonds. The molecule has 1 saturated heterocycles. The van der Waals surface area contributed by atoms with E-state index in [9.17, 15) is 0 Å². The lowest BCUT2D eigenvalue weighted by Gasteiger charge is -2.17. The summed E-state index contributed by atoms with van der Waals surface area (Å²) in [6.07, 6.45) is 8.86. The number of nitrogen functional groups attached to an aromatic ring is 1. The van der Waals surface area contributed by atoms with E-state index in [1.54, 1.807) is 6.20 Å². The molecule has 1 aromatic carbocycles. The maximum absolute atomic E-state index is 6.21. The molecular formula is C20H19N5O2. The molecule has 136 valence electrons. The SMILES string of the molecule is Nc1ncnc2c1ccn2[C@H]1CC[C@@H](COc2cccc3cnccc23)O1. The highest BCUT2D eigenvalue weighted by Gasteiger charge is 2.28. The van der Waals surface area contributed by atoms with Gasteiger partial charge in [-0.1, -0.05) is 12.1 Å². The van der Waals surface area contributed by atoms with Gasteiger partial charge in [0, 0.05) is 29.4 Å². The van der Waals surface area contributed by atoms with Crippen LogP contribution in [0.1, 0.15) is 19.1 Å². The fourth-order valence-electron chi connectivity index (χ4n) is 3.64. The van der Waals surface area contributed by atoms with Crippen LogP contribution in [0.15, 0.2) is 55.2 Å². The third-order valence-electron chi connectivity index (χ3n) is 5.00. The molecule has 2 N–H and O–H groups in total. The van der Waals surface area contributed by atoms with Crippen LogP contribution in [0, 0.1) is 0 Å². The molecule has 1 aliphatic heterocycles. The van der Waals surface area contributed by atoms with Crippen molar-refractivity contribution >= 4 is 27.6 Å². The Morgan fingerprint density at radius 2 is 2.11 bits per heavy atom. The quantitative estimate of drug-likeness (QED) is 0.600. The average molecular weight is 361 g/mol. The zero-order valence-corrected chi connectivity index (χ0v) is 14.7. The van der Waals surface area contributed by atoms with E-state index in [0.29, 0.717) is 12.4 Å². The van der Waals surface area contributed by atoms with Gasteiger partial charge in [-0.05, 0) is 31.0 Å². The summed E-state index contributed by atoms with van der Waals surface area (Å²) in [5, 5.41) is 2.98. The molecule has 0 spiro atoms. The molecule has 0 bridgehead atoms. The van der Waals surface area contributed by atoms with E-state index in [1.165, 1.54) is 6.33 Å². The lowest BCUT2D eigenvalue weighted by molar-refractivity contribution is -0.0153. The Morgan fingerprint density at radius 1 is 1.15 bits per heavy atom. The Balaban J connectivity index is 1.30. The minimum atomic E-state index is -0.0675. The van der Waals surface area contributed by atoms with Crippen LogP contribution in [0.4, 0.5) is 5.82 Å². The molecule has 0 aliphatic carbocycles. The summed E-state index contributed by atoms with van der Waals surface area (Å²) in [5.74, 6) is 1.34. The summed E-state index contributed by atoms with van der Waals surface area (Å²) in [6.45, 7) is 0.508. The summed E-state index contributed by atoms with van der Waals surface area (Å²) in [5.41, 5.74) is 6.72. The van der Waals surface area contributed by atoms with Crippen LogP contribution in [0.5, 0.6) is 5.75 Å². The number of hydrogen-bond acceptors (Lipinski definition) is 6. The highest BCUT2D eigenvalue weighted by atomic mass is 16.6. The van der Waals surface area contributed by atoms with Crippen molar-refractivity contribution in [2.75, 3.05) is 12.3 Å². The first-order chi connectivity index (χ1) is 13.3. The van der Waals surface area contributed by atoms with Crippen molar-refractivity contribution in [3.63, 3.8) is 0 Å². The Bertz CT molecular complexity index is 1100. The molecule has 2 atom stereocenters. The molecule has 1 aliphatic rings. The van der Waals surface area contributed by atoms with E-state index in [0.717, 1.165) is 40.4 Å². The van der Waals surface area contributed by atoms with E-state index in [2.05, 4.69) is 15.0 Å². The van der Waals surface area contributed by atoms with Gasteiger partial charge in [0.05, 0.1) is 11.5 Å². The van der Waals surface area contributed by atoms with E-state index < -0.39 is 0 Å². The first-order valence-electron chi connectivity index (χ1n) is 8.97. The zero-order valence-electron chi connectivity index (χ0n) is 14.7. The Hall–Kier alpha value is -3.19. The highest BCUT2D eigenvalue weighted by molar-refractivity contribution is 5.87. The molecule has 1 fully saturated rings. The van der Waals surface area contributed by atoms with Crippen molar-refractivity contribution in [2.45, 2.75) is 25.2 Å². The average Bonchev–Trinajstić information content (AvgIpc) is 3.34. The topological polar surface area (TPSA) is 88.1 Å². The Kier molecular flexibility index (Phi) is 3.86. The fourth-order valence-corrected chi connectivity index (χ4v) is 3.64. The Labute approximate surface area is 155 Å². The lowest BCUT2D eigenvalue weighted by atomic mass is 10.1. The minimum absolute atomic E-state index is 0.0312. The number of rotatable bonds is 4. The largest absolute Gasteiger partial charge is 0.490 e. The highest BCUT2D eigenvalue weighted by Crippen LogP contribution is 2.33. The molecule has 0 unspecified atom stereocenters. The van der Waals surface area contributed by atoms with Crippen LogP contribution in [0.2, 0.25) is 0 Å². The Morgan fingerprint density at radius 3 is 3.07 bits per heavy atom. The predicted molar refractivity (Wildman–Crippen MR) is 102 cm³/mol. The van der Waals surface area contributed by atoms with Crippen LogP contribution in [-0.4, -0.2) is 32.2 Å². The monoisotopic (exact) mass is 361 g/mol. The van der Waals surface area contributed by atoms with E-state index >= 15 is 0 Å². The van der Waals surface area contributed by atoms with Crippen molar-refractivity contribution < 1.29 is 9.47 Å². The van der Waals surface area contributed by atoms with Crippen molar-refractivity contribution in [3.8, 4) is 5.75 Å². The van der Waals surface area contributed by atoms with Gasteiger partial charge in [-0.15, -0.1) is 0 Å². The van der Waals surface area contributed by atoms with Gasteiger partial charge in [-0.2, -0.15) is 0 Å². The second-order valence-electron chi connectivity index (χ2n) is 6.67. The second kappa shape index (κ2) is 6.51. The van der Waals surface area contributed by atoms with Gasteiger partial charge in [0.15, 0.2) is 0 Å². The molecule has 7 heteroatoms. The van der Waals surface area contributed by atoms with Crippen LogP contribution in [-0.2, 0) is 4.74 Å². The van der Waals surface area contributed by atoms with Crippen LogP contribution in [0.25, 0.3) is 21.8 Å². The summed E-state index contributed by atoms with van der Waals surface area (Å²) in [6, 6.07) is 9.89. The smallest absolute Gasteiger partial charge is 0.147 e. The molecule has 3 aromatic heterocycles. The minimum Gasteiger partial charge on any atom is -0.490 e. The number of anilines is 1. The number of nitrogens with two attached hydrogens (primary N) is 1. The number of nitrogens with zero attached hydrogens (tertiary/aromatic N) is 4. The molecule has 7 nitrogen and oxygen atoms in total. The molecular weight excluding hydrogens is 342 g/mol. The summed E-state index contributed by atoms with van der Waals surface area (Å²) in [4.78, 5) is 12.6. The molecule has 0 radical (unpaired) electrons. The number of benzene rings is 1. The number of pyridine rings is 1. The van der Waals surface area contributed by atoms with Gasteiger partial charge in [-0.3, -0.25) is 4.98 Å². The van der Waals surface area contributed by atoms with Crippen molar-refractivity contribution in [1.29, 1.82) is 0 Å². The van der Waals surface area contributed by atoms with Gasteiger partial charge < -0.3 is 19.8 Å². The normalized spacial score (nSPS) is 19.7. The molecule has 5 rings (SSSR count). The zero-order chi connectivity index (χ0) is 18.2. The van der Waals surface area contributed by atoms with Crippen LogP contribution < -0.4 is 10.5 Å². The molecule has 4 heterocycles. The number of hydrogen-bond donors (Lipinski definition) is 1. The molecule has 4 aromatic rings. The van der Waals surface area contributed by atoms with Crippen molar-refractivity contribution in [3.05, 3.63) is 55.2 Å². The van der Waals surface area contributed by atoms with Crippen LogP contribution in [0.3, 0.4) is 0 Å². The first kappa shape index (κ1) is 16.0. The third-order valence-corrected chi connectivity index (χ3v) is 5.00. The van der Waals surface area contributed by atoms with E-state index in [-0.39, 0.29) is 12.3 Å². The van der Waals surface area contributed by atoms with Crippen molar-refractivity contribution in [2.24, 2.45) is 0 Å². The van der Waals surface area contributed by atoms with Gasteiger partial charge in [0.2, 0.25) is 0 Å². The van der Waals surface area contributed by atoms with E-state index in [1.807, 2.05) is 47.3 Å². The van der Waals surface area contributed by atoms with Gasteiger partial charge in [-0.25, -0.2) is 9.97 Å². The van der Waals surface area contributed by atoms with Crippen LogP contribution >= 0.6 is 0 Å². The van der Waals surface area contributed by atoms with Gasteiger partial charge in [0.1, 0.15) is 36.4 Å². The standard InChI is InChI=1S/C20H19N5O2/c21-19-16-7-9-25(20(16)24-12-23-19)18-5-4-14(27-18)11-26-17-3-1-2-13-10-22-8-6-15(13)17/h1-3,6-10,12,14,18H,4-5,11H2,(H2,21,23,24)/t14-,18+/m0/s1. The summed E-state index contributed by atoms with van der Waals surface area (Å²) < 4.78 is 14.3. The number of ether oxygens (including phenoxy) is 2. The first-order valence-corrected chi connectivity index (χ1v) is 8.97. The van der Waals surface area contributed by atoms with Crippen molar-refractivity contribution in [1.82, 2.24) is 19.5 Å². The van der Waals surface area contributed by atoms with E-state index in [4.69, 9.17) is 15.2 Å². The lowest BCUT2D eigenvalue weighted by Crippen LogP contribution is -2.18. The third kappa shape index (κ3) is 2.86. The molecule has 0 saturated carbocycles. The maximum atomic E-state index is 6.21. The van der Waals surface area contributed by atoms with Gasteiger partial charge in [0.25, 0.3) is 0 Å². The van der Waals surface area contributed by atoms with Gasteiger partial charge >= 0.3 is 0 Å².